The molecule has 0 aromatic carbocycles. The second-order valence-corrected chi connectivity index (χ2v) is 4.67. The highest BCUT2D eigenvalue weighted by Gasteiger charge is 2.07. The summed E-state index contributed by atoms with van der Waals surface area (Å²) in [5, 5.41) is 3.37. The van der Waals surface area contributed by atoms with Gasteiger partial charge in [0.15, 0.2) is 0 Å². The van der Waals surface area contributed by atoms with Gasteiger partial charge in [0.2, 0.25) is 11.8 Å². The zero-order valence-corrected chi connectivity index (χ0v) is 12.6. The van der Waals surface area contributed by atoms with Crippen molar-refractivity contribution < 1.29 is 4.74 Å². The van der Waals surface area contributed by atoms with Gasteiger partial charge in [0, 0.05) is 31.9 Å². The molecule has 5 nitrogen and oxygen atoms in total. The molecule has 0 bridgehead atoms. The Labute approximate surface area is 116 Å². The number of hydrogen-bond donors (Lipinski definition) is 1. The molecule has 0 aliphatic heterocycles. The first-order valence-electron chi connectivity index (χ1n) is 7.07. The van der Waals surface area contributed by atoms with Crippen LogP contribution in [-0.4, -0.2) is 43.3 Å². The molecule has 0 amide bonds. The highest BCUT2D eigenvalue weighted by atomic mass is 16.5. The number of anilines is 1. The van der Waals surface area contributed by atoms with E-state index in [1.807, 2.05) is 20.0 Å². The first kappa shape index (κ1) is 15.7. The Hall–Kier alpha value is -1.36. The third-order valence-corrected chi connectivity index (χ3v) is 2.67. The standard InChI is InChI=1S/C14H26N4O/c1-5-7-15-8-9-18(4)14-16-12(3)11-13(17-14)19-10-6-2/h11,15H,5-10H2,1-4H3. The van der Waals surface area contributed by atoms with Crippen molar-refractivity contribution in [2.75, 3.05) is 38.2 Å². The van der Waals surface area contributed by atoms with Crippen LogP contribution in [0.2, 0.25) is 0 Å². The molecular formula is C14H26N4O. The van der Waals surface area contributed by atoms with Gasteiger partial charge in [0.05, 0.1) is 6.61 Å². The van der Waals surface area contributed by atoms with E-state index < -0.39 is 0 Å². The number of nitrogens with zero attached hydrogens (tertiary/aromatic N) is 3. The lowest BCUT2D eigenvalue weighted by atomic mass is 10.4. The van der Waals surface area contributed by atoms with E-state index in [1.54, 1.807) is 0 Å². The number of nitrogens with one attached hydrogen (secondary N) is 1. The quantitative estimate of drug-likeness (QED) is 0.693. The van der Waals surface area contributed by atoms with Crippen molar-refractivity contribution in [2.45, 2.75) is 33.6 Å². The van der Waals surface area contributed by atoms with Crippen LogP contribution in [-0.2, 0) is 0 Å². The second-order valence-electron chi connectivity index (χ2n) is 4.67. The van der Waals surface area contributed by atoms with Crippen molar-refractivity contribution in [2.24, 2.45) is 0 Å². The Bertz CT molecular complexity index is 370. The first-order valence-corrected chi connectivity index (χ1v) is 7.07. The average Bonchev–Trinajstić information content (AvgIpc) is 2.40. The molecular weight excluding hydrogens is 240 g/mol. The predicted molar refractivity (Wildman–Crippen MR) is 79.0 cm³/mol. The van der Waals surface area contributed by atoms with Gasteiger partial charge in [0.1, 0.15) is 0 Å². The molecule has 0 unspecified atom stereocenters. The maximum Gasteiger partial charge on any atom is 0.228 e. The van der Waals surface area contributed by atoms with Gasteiger partial charge < -0.3 is 15.0 Å². The Kier molecular flexibility index (Phi) is 7.18. The predicted octanol–water partition coefficient (Wildman–Crippen LogP) is 2.01. The largest absolute Gasteiger partial charge is 0.478 e. The monoisotopic (exact) mass is 266 g/mol. The van der Waals surface area contributed by atoms with E-state index in [9.17, 15) is 0 Å². The minimum atomic E-state index is 0.665. The number of aromatic nitrogens is 2. The van der Waals surface area contributed by atoms with Gasteiger partial charge in [-0.25, -0.2) is 4.98 Å². The second kappa shape index (κ2) is 8.69. The Morgan fingerprint density at radius 2 is 2.00 bits per heavy atom. The number of hydrogen-bond acceptors (Lipinski definition) is 5. The maximum absolute atomic E-state index is 5.58. The minimum Gasteiger partial charge on any atom is -0.478 e. The van der Waals surface area contributed by atoms with Crippen LogP contribution < -0.4 is 15.0 Å². The molecule has 0 spiro atoms. The topological polar surface area (TPSA) is 50.3 Å². The first-order chi connectivity index (χ1) is 9.17. The molecule has 1 N–H and O–H groups in total. The molecule has 108 valence electrons. The fourth-order valence-corrected chi connectivity index (χ4v) is 1.62. The van der Waals surface area contributed by atoms with Gasteiger partial charge in [-0.2, -0.15) is 4.98 Å². The molecule has 1 aromatic heterocycles. The van der Waals surface area contributed by atoms with E-state index >= 15 is 0 Å². The van der Waals surface area contributed by atoms with E-state index in [1.165, 1.54) is 0 Å². The summed E-state index contributed by atoms with van der Waals surface area (Å²) in [5.74, 6) is 1.39. The lowest BCUT2D eigenvalue weighted by Crippen LogP contribution is -2.30. The van der Waals surface area contributed by atoms with Gasteiger partial charge >= 0.3 is 0 Å². The van der Waals surface area contributed by atoms with Gasteiger partial charge in [-0.1, -0.05) is 13.8 Å². The van der Waals surface area contributed by atoms with E-state index in [0.29, 0.717) is 12.5 Å². The van der Waals surface area contributed by atoms with Crippen LogP contribution in [0.4, 0.5) is 5.95 Å². The summed E-state index contributed by atoms with van der Waals surface area (Å²) in [5.41, 5.74) is 0.935. The third-order valence-electron chi connectivity index (χ3n) is 2.67. The molecule has 0 atom stereocenters. The molecule has 1 heterocycles. The molecule has 0 aliphatic rings. The number of aryl methyl sites for hydroxylation is 1. The molecule has 0 fully saturated rings. The lowest BCUT2D eigenvalue weighted by molar-refractivity contribution is 0.304. The zero-order valence-electron chi connectivity index (χ0n) is 12.6. The van der Waals surface area contributed by atoms with Gasteiger partial charge in [0.25, 0.3) is 0 Å². The van der Waals surface area contributed by atoms with Crippen molar-refractivity contribution in [3.63, 3.8) is 0 Å². The van der Waals surface area contributed by atoms with Crippen LogP contribution in [0.5, 0.6) is 5.88 Å². The van der Waals surface area contributed by atoms with Crippen molar-refractivity contribution in [3.05, 3.63) is 11.8 Å². The van der Waals surface area contributed by atoms with Crippen LogP contribution in [0.15, 0.2) is 6.07 Å². The summed E-state index contributed by atoms with van der Waals surface area (Å²) in [7, 11) is 2.01. The molecule has 19 heavy (non-hydrogen) atoms. The number of ether oxygens (including phenoxy) is 1. The van der Waals surface area contributed by atoms with Gasteiger partial charge in [-0.3, -0.25) is 0 Å². The Morgan fingerprint density at radius 3 is 2.68 bits per heavy atom. The normalized spacial score (nSPS) is 10.5. The summed E-state index contributed by atoms with van der Waals surface area (Å²) in [6, 6.07) is 1.88. The summed E-state index contributed by atoms with van der Waals surface area (Å²) >= 11 is 0. The van der Waals surface area contributed by atoms with Crippen molar-refractivity contribution in [1.82, 2.24) is 15.3 Å². The fourth-order valence-electron chi connectivity index (χ4n) is 1.62. The highest BCUT2D eigenvalue weighted by Crippen LogP contribution is 2.14. The van der Waals surface area contributed by atoms with Crippen LogP contribution in [0, 0.1) is 6.92 Å². The van der Waals surface area contributed by atoms with Crippen LogP contribution in [0.3, 0.4) is 0 Å². The number of likely N-dealkylation sites (N-methyl/N-ethyl adjacent to an activating group) is 1. The maximum atomic E-state index is 5.58. The van der Waals surface area contributed by atoms with Gasteiger partial charge in [-0.05, 0) is 26.3 Å². The minimum absolute atomic E-state index is 0.665. The SMILES string of the molecule is CCCNCCN(C)c1nc(C)cc(OCCC)n1. The summed E-state index contributed by atoms with van der Waals surface area (Å²) in [6.45, 7) is 9.78. The number of rotatable bonds is 9. The Balaban J connectivity index is 2.57. The molecule has 0 aliphatic carbocycles. The van der Waals surface area contributed by atoms with E-state index in [-0.39, 0.29) is 0 Å². The zero-order chi connectivity index (χ0) is 14.1. The van der Waals surface area contributed by atoms with Crippen LogP contribution >= 0.6 is 0 Å². The molecule has 1 rings (SSSR count). The van der Waals surface area contributed by atoms with E-state index in [4.69, 9.17) is 4.74 Å². The summed E-state index contributed by atoms with van der Waals surface area (Å²) in [6.07, 6.45) is 2.13. The van der Waals surface area contributed by atoms with Crippen LogP contribution in [0.1, 0.15) is 32.4 Å². The molecule has 0 saturated carbocycles. The fraction of sp³-hybridized carbons (Fsp3) is 0.714. The molecule has 5 heteroatoms. The molecule has 0 radical (unpaired) electrons. The molecule has 1 aromatic rings. The van der Waals surface area contributed by atoms with Crippen molar-refractivity contribution in [3.8, 4) is 5.88 Å². The summed E-state index contributed by atoms with van der Waals surface area (Å²) < 4.78 is 5.58. The average molecular weight is 266 g/mol. The van der Waals surface area contributed by atoms with Crippen molar-refractivity contribution in [1.29, 1.82) is 0 Å². The molecule has 0 saturated heterocycles. The Morgan fingerprint density at radius 1 is 1.21 bits per heavy atom. The highest BCUT2D eigenvalue weighted by molar-refractivity contribution is 5.33. The van der Waals surface area contributed by atoms with E-state index in [0.717, 1.165) is 44.1 Å². The third kappa shape index (κ3) is 5.87. The smallest absolute Gasteiger partial charge is 0.228 e. The van der Waals surface area contributed by atoms with Gasteiger partial charge in [-0.15, -0.1) is 0 Å². The van der Waals surface area contributed by atoms with Crippen molar-refractivity contribution >= 4 is 5.95 Å². The van der Waals surface area contributed by atoms with Crippen LogP contribution in [0.25, 0.3) is 0 Å². The summed E-state index contributed by atoms with van der Waals surface area (Å²) in [4.78, 5) is 10.9. The lowest BCUT2D eigenvalue weighted by Gasteiger charge is -2.18. The van der Waals surface area contributed by atoms with E-state index in [2.05, 4.69) is 34.0 Å².